The molecule has 8 heteroatoms. The van der Waals surface area contributed by atoms with Crippen LogP contribution in [-0.2, 0) is 4.74 Å². The van der Waals surface area contributed by atoms with Gasteiger partial charge in [-0.2, -0.15) is 0 Å². The molecule has 0 bridgehead atoms. The van der Waals surface area contributed by atoms with Crippen LogP contribution in [0.3, 0.4) is 0 Å². The Hall–Kier alpha value is -2.93. The van der Waals surface area contributed by atoms with E-state index in [0.717, 1.165) is 6.07 Å². The van der Waals surface area contributed by atoms with Crippen molar-refractivity contribution in [2.45, 2.75) is 0 Å². The largest absolute Gasteiger partial charge is 0.507 e. The zero-order chi connectivity index (χ0) is 17.0. The highest BCUT2D eigenvalue weighted by molar-refractivity contribution is 6.31. The summed E-state index contributed by atoms with van der Waals surface area (Å²) in [6.45, 7) is -0.619. The number of hydrogen-bond donors (Lipinski definition) is 1. The number of phenolic OH excluding ortho intramolecular Hbond substituents is 1. The van der Waals surface area contributed by atoms with Crippen LogP contribution in [0.2, 0.25) is 5.02 Å². The van der Waals surface area contributed by atoms with Crippen LogP contribution in [0.15, 0.2) is 42.5 Å². The lowest BCUT2D eigenvalue weighted by molar-refractivity contribution is -0.384. The van der Waals surface area contributed by atoms with Crippen molar-refractivity contribution in [2.24, 2.45) is 0 Å². The highest BCUT2D eigenvalue weighted by atomic mass is 35.5. The van der Waals surface area contributed by atoms with Crippen LogP contribution in [0, 0.1) is 10.1 Å². The van der Waals surface area contributed by atoms with Crippen LogP contribution in [0.4, 0.5) is 5.69 Å². The third-order valence-corrected chi connectivity index (χ3v) is 3.13. The number of carbonyl (C=O) groups excluding carboxylic acids is 2. The number of non-ortho nitro benzene ring substituents is 1. The third kappa shape index (κ3) is 4.04. The van der Waals surface area contributed by atoms with Gasteiger partial charge in [0.25, 0.3) is 5.69 Å². The van der Waals surface area contributed by atoms with Gasteiger partial charge in [-0.15, -0.1) is 0 Å². The normalized spacial score (nSPS) is 10.1. The summed E-state index contributed by atoms with van der Waals surface area (Å²) in [5.41, 5.74) is -0.374. The Kier molecular flexibility index (Phi) is 4.92. The Labute approximate surface area is 135 Å². The van der Waals surface area contributed by atoms with E-state index in [1.54, 1.807) is 0 Å². The van der Waals surface area contributed by atoms with Gasteiger partial charge in [-0.1, -0.05) is 23.7 Å². The minimum atomic E-state index is -0.927. The fourth-order valence-electron chi connectivity index (χ4n) is 1.76. The van der Waals surface area contributed by atoms with E-state index >= 15 is 0 Å². The second-order valence-electron chi connectivity index (χ2n) is 4.47. The number of benzene rings is 2. The van der Waals surface area contributed by atoms with Crippen LogP contribution in [0.25, 0.3) is 0 Å². The summed E-state index contributed by atoms with van der Waals surface area (Å²) >= 11 is 5.72. The van der Waals surface area contributed by atoms with Crippen molar-refractivity contribution >= 4 is 29.0 Å². The molecule has 23 heavy (non-hydrogen) atoms. The number of ether oxygens (including phenoxy) is 1. The van der Waals surface area contributed by atoms with E-state index in [0.29, 0.717) is 0 Å². The molecular formula is C15H10ClNO6. The summed E-state index contributed by atoms with van der Waals surface area (Å²) in [5, 5.41) is 20.5. The van der Waals surface area contributed by atoms with E-state index < -0.39 is 23.3 Å². The van der Waals surface area contributed by atoms with E-state index in [9.17, 15) is 24.8 Å². The van der Waals surface area contributed by atoms with Crippen molar-refractivity contribution in [3.05, 3.63) is 68.7 Å². The van der Waals surface area contributed by atoms with Gasteiger partial charge in [0.05, 0.1) is 4.92 Å². The van der Waals surface area contributed by atoms with E-state index in [1.807, 2.05) is 0 Å². The summed E-state index contributed by atoms with van der Waals surface area (Å²) < 4.78 is 4.80. The van der Waals surface area contributed by atoms with Crippen LogP contribution in [0.5, 0.6) is 5.75 Å². The molecule has 2 aromatic rings. The average Bonchev–Trinajstić information content (AvgIpc) is 2.54. The Morgan fingerprint density at radius 1 is 1.22 bits per heavy atom. The van der Waals surface area contributed by atoms with E-state index in [-0.39, 0.29) is 27.6 Å². The molecule has 2 rings (SSSR count). The van der Waals surface area contributed by atoms with Crippen molar-refractivity contribution in [3.63, 3.8) is 0 Å². The van der Waals surface area contributed by atoms with Crippen LogP contribution in [-0.4, -0.2) is 28.4 Å². The zero-order valence-electron chi connectivity index (χ0n) is 11.6. The lowest BCUT2D eigenvalue weighted by Gasteiger charge is -2.06. The number of carbonyl (C=O) groups is 2. The molecule has 0 amide bonds. The van der Waals surface area contributed by atoms with Crippen LogP contribution in [0.1, 0.15) is 20.7 Å². The number of ketones is 1. The van der Waals surface area contributed by atoms with Gasteiger partial charge < -0.3 is 9.84 Å². The Bertz CT molecular complexity index is 789. The number of halogens is 1. The molecule has 1 N–H and O–H groups in total. The molecule has 0 atom stereocenters. The molecule has 0 aliphatic rings. The van der Waals surface area contributed by atoms with Crippen LogP contribution >= 0.6 is 11.6 Å². The van der Waals surface area contributed by atoms with Gasteiger partial charge in [-0.05, 0) is 18.2 Å². The fraction of sp³-hybridized carbons (Fsp3) is 0.0667. The van der Waals surface area contributed by atoms with Gasteiger partial charge in [0, 0.05) is 22.7 Å². The number of hydrogen-bond acceptors (Lipinski definition) is 6. The van der Waals surface area contributed by atoms with Crippen LogP contribution < -0.4 is 0 Å². The molecular weight excluding hydrogens is 326 g/mol. The lowest BCUT2D eigenvalue weighted by atomic mass is 10.1. The SMILES string of the molecule is O=C(COC(=O)c1cc(Cl)ccc1O)c1cccc([N+](=O)[O-])c1. The average molecular weight is 336 g/mol. The molecule has 2 aromatic carbocycles. The fourth-order valence-corrected chi connectivity index (χ4v) is 1.93. The van der Waals surface area contributed by atoms with Gasteiger partial charge in [0.2, 0.25) is 5.78 Å². The molecule has 0 aromatic heterocycles. The molecule has 0 fully saturated rings. The number of nitro benzene ring substituents is 1. The molecule has 7 nitrogen and oxygen atoms in total. The molecule has 0 unspecified atom stereocenters. The van der Waals surface area contributed by atoms with Crippen molar-refractivity contribution in [2.75, 3.05) is 6.61 Å². The topological polar surface area (TPSA) is 107 Å². The predicted octanol–water partition coefficient (Wildman–Crippen LogP) is 2.99. The van der Waals surface area contributed by atoms with Crippen molar-refractivity contribution in [1.29, 1.82) is 0 Å². The summed E-state index contributed by atoms with van der Waals surface area (Å²) in [4.78, 5) is 33.8. The van der Waals surface area contributed by atoms with Gasteiger partial charge >= 0.3 is 5.97 Å². The number of rotatable bonds is 5. The third-order valence-electron chi connectivity index (χ3n) is 2.89. The number of nitro groups is 1. The number of Topliss-reactive ketones (excluding diaryl/α,β-unsaturated/α-hetero) is 1. The van der Waals surface area contributed by atoms with E-state index in [4.69, 9.17) is 16.3 Å². The van der Waals surface area contributed by atoms with E-state index in [2.05, 4.69) is 0 Å². The first kappa shape index (κ1) is 16.4. The maximum Gasteiger partial charge on any atom is 0.342 e. The monoisotopic (exact) mass is 335 g/mol. The number of nitrogens with zero attached hydrogens (tertiary/aromatic N) is 1. The highest BCUT2D eigenvalue weighted by Gasteiger charge is 2.17. The van der Waals surface area contributed by atoms with Gasteiger partial charge in [0.1, 0.15) is 11.3 Å². The molecule has 0 saturated heterocycles. The minimum absolute atomic E-state index is 0.0438. The van der Waals surface area contributed by atoms with Gasteiger partial charge in [-0.25, -0.2) is 4.79 Å². The first-order valence-electron chi connectivity index (χ1n) is 6.32. The van der Waals surface area contributed by atoms with Crippen molar-refractivity contribution < 1.29 is 24.4 Å². The standard InChI is InChI=1S/C15H10ClNO6/c16-10-4-5-13(18)12(7-10)15(20)23-8-14(19)9-2-1-3-11(6-9)17(21)22/h1-7,18H,8H2. The Morgan fingerprint density at radius 2 is 1.96 bits per heavy atom. The maximum atomic E-state index is 11.9. The quantitative estimate of drug-likeness (QED) is 0.389. The van der Waals surface area contributed by atoms with Gasteiger partial charge in [-0.3, -0.25) is 14.9 Å². The van der Waals surface area contributed by atoms with Crippen molar-refractivity contribution in [1.82, 2.24) is 0 Å². The highest BCUT2D eigenvalue weighted by Crippen LogP contribution is 2.22. The first-order valence-corrected chi connectivity index (χ1v) is 6.69. The molecule has 0 spiro atoms. The summed E-state index contributed by atoms with van der Waals surface area (Å²) in [6, 6.07) is 8.89. The number of aromatic hydroxyl groups is 1. The Balaban J connectivity index is 2.07. The van der Waals surface area contributed by atoms with Crippen molar-refractivity contribution in [3.8, 4) is 5.75 Å². The first-order chi connectivity index (χ1) is 10.9. The maximum absolute atomic E-state index is 11.9. The lowest BCUT2D eigenvalue weighted by Crippen LogP contribution is -2.14. The zero-order valence-corrected chi connectivity index (χ0v) is 12.3. The summed E-state index contributed by atoms with van der Waals surface area (Å²) in [6.07, 6.45) is 0. The predicted molar refractivity (Wildman–Crippen MR) is 80.8 cm³/mol. The minimum Gasteiger partial charge on any atom is -0.507 e. The molecule has 0 aliphatic carbocycles. The second kappa shape index (κ2) is 6.89. The van der Waals surface area contributed by atoms with E-state index in [1.165, 1.54) is 36.4 Å². The molecule has 118 valence electrons. The Morgan fingerprint density at radius 3 is 2.65 bits per heavy atom. The van der Waals surface area contributed by atoms with Gasteiger partial charge in [0.15, 0.2) is 6.61 Å². The molecule has 0 saturated carbocycles. The molecule has 0 heterocycles. The molecule has 0 radical (unpaired) electrons. The summed E-state index contributed by atoms with van der Waals surface area (Å²) in [7, 11) is 0. The second-order valence-corrected chi connectivity index (χ2v) is 4.90. The summed E-state index contributed by atoms with van der Waals surface area (Å²) in [5.74, 6) is -1.87. The number of esters is 1. The smallest absolute Gasteiger partial charge is 0.342 e. The number of phenols is 1. The molecule has 0 aliphatic heterocycles.